The van der Waals surface area contributed by atoms with Gasteiger partial charge in [-0.25, -0.2) is 0 Å². The molecule has 0 fully saturated rings. The van der Waals surface area contributed by atoms with Crippen molar-refractivity contribution in [1.29, 1.82) is 0 Å². The Labute approximate surface area is 205 Å². The van der Waals surface area contributed by atoms with E-state index < -0.39 is 0 Å². The second kappa shape index (κ2) is 17.3. The number of benzene rings is 2. The molecule has 0 amide bonds. The molecule has 2 rings (SSSR count). The second-order valence-electron chi connectivity index (χ2n) is 6.61. The Bertz CT molecular complexity index is 534. The van der Waals surface area contributed by atoms with E-state index in [9.17, 15) is 0 Å². The van der Waals surface area contributed by atoms with Crippen molar-refractivity contribution >= 4 is 64.7 Å². The molecule has 132 valence electrons. The fourth-order valence-corrected chi connectivity index (χ4v) is 3.16. The third kappa shape index (κ3) is 10.5. The molecule has 0 heterocycles. The van der Waals surface area contributed by atoms with Gasteiger partial charge in [0.05, 0.1) is 0 Å². The van der Waals surface area contributed by atoms with Crippen LogP contribution in [-0.4, -0.2) is 59.1 Å². The van der Waals surface area contributed by atoms with Crippen molar-refractivity contribution in [2.75, 3.05) is 0 Å². The molecule has 0 aliphatic rings. The van der Waals surface area contributed by atoms with Gasteiger partial charge in [-0.2, -0.15) is 0 Å². The molecule has 2 heteroatoms. The van der Waals surface area contributed by atoms with E-state index in [2.05, 4.69) is 73.7 Å². The Morgan fingerprint density at radius 1 is 0.615 bits per heavy atom. The third-order valence-corrected chi connectivity index (χ3v) is 4.58. The van der Waals surface area contributed by atoms with Crippen LogP contribution in [0.1, 0.15) is 75.8 Å². The Balaban J connectivity index is 0.00000312. The van der Waals surface area contributed by atoms with E-state index in [1.54, 1.807) is 0 Å². The van der Waals surface area contributed by atoms with Gasteiger partial charge in [0.25, 0.3) is 0 Å². The monoisotopic (exact) mass is 368 g/mol. The predicted molar refractivity (Wildman–Crippen MR) is 121 cm³/mol. The van der Waals surface area contributed by atoms with E-state index in [1.165, 1.54) is 74.5 Å². The topological polar surface area (TPSA) is 0 Å². The van der Waals surface area contributed by atoms with Crippen LogP contribution in [0.2, 0.25) is 0 Å². The summed E-state index contributed by atoms with van der Waals surface area (Å²) in [5.41, 5.74) is 4.02. The van der Waals surface area contributed by atoms with Crippen LogP contribution in [0, 0.1) is 0 Å². The first-order valence-corrected chi connectivity index (χ1v) is 9.73. The summed E-state index contributed by atoms with van der Waals surface area (Å²) in [4.78, 5) is 0. The maximum atomic E-state index is 2.43. The van der Waals surface area contributed by atoms with Crippen molar-refractivity contribution in [2.45, 2.75) is 64.7 Å². The van der Waals surface area contributed by atoms with Crippen LogP contribution >= 0.6 is 0 Å². The molecule has 0 radical (unpaired) electrons. The van der Waals surface area contributed by atoms with Gasteiger partial charge in [-0.15, -0.1) is 0 Å². The van der Waals surface area contributed by atoms with Gasteiger partial charge in [0.2, 0.25) is 0 Å². The van der Waals surface area contributed by atoms with Crippen LogP contribution in [0.25, 0.3) is 5.57 Å². The van der Waals surface area contributed by atoms with Crippen molar-refractivity contribution in [3.05, 3.63) is 77.9 Å². The van der Waals surface area contributed by atoms with Gasteiger partial charge in [0.15, 0.2) is 0 Å². The fourth-order valence-electron chi connectivity index (χ4n) is 3.16. The van der Waals surface area contributed by atoms with E-state index in [0.717, 1.165) is 0 Å². The normalized spacial score (nSPS) is 9.73. The molecule has 0 aliphatic carbocycles. The summed E-state index contributed by atoms with van der Waals surface area (Å²) >= 11 is 0. The first-order chi connectivity index (χ1) is 11.9. The zero-order valence-corrected chi connectivity index (χ0v) is 15.2. The quantitative estimate of drug-likeness (QED) is 0.320. The molecule has 0 aromatic heterocycles. The van der Waals surface area contributed by atoms with Crippen LogP contribution in [-0.2, 0) is 0 Å². The molecule has 2 aromatic carbocycles. The Kier molecular flexibility index (Phi) is 17.4. The number of unbranched alkanes of at least 4 members (excludes halogenated alkanes) is 8. The molecule has 0 saturated heterocycles. The minimum atomic E-state index is 0. The number of hydrogen-bond donors (Lipinski definition) is 0. The molecule has 0 spiro atoms. The predicted octanol–water partition coefficient (Wildman–Crippen LogP) is 6.35. The van der Waals surface area contributed by atoms with E-state index in [4.69, 9.17) is 0 Å². The van der Waals surface area contributed by atoms with Gasteiger partial charge in [-0.1, -0.05) is 119 Å². The summed E-state index contributed by atoms with van der Waals surface area (Å²) in [5.74, 6) is 0. The van der Waals surface area contributed by atoms with Crippen molar-refractivity contribution < 1.29 is 0 Å². The molecule has 0 nitrogen and oxygen atoms in total. The van der Waals surface area contributed by atoms with Crippen LogP contribution in [0.15, 0.2) is 66.7 Å². The van der Waals surface area contributed by atoms with Gasteiger partial charge in [-0.3, -0.25) is 0 Å². The van der Waals surface area contributed by atoms with Crippen LogP contribution in [0.3, 0.4) is 0 Å². The second-order valence-corrected chi connectivity index (χ2v) is 6.61. The molecule has 0 aliphatic heterocycles. The summed E-state index contributed by atoms with van der Waals surface area (Å²) in [7, 11) is 0. The fraction of sp³-hybridized carbons (Fsp3) is 0.417. The summed E-state index contributed by atoms with van der Waals surface area (Å²) in [6, 6.07) is 21.5. The number of rotatable bonds is 11. The van der Waals surface area contributed by atoms with Crippen molar-refractivity contribution in [3.8, 4) is 0 Å². The van der Waals surface area contributed by atoms with Crippen LogP contribution in [0.5, 0.6) is 0 Å². The van der Waals surface area contributed by atoms with Gasteiger partial charge >= 0.3 is 59.1 Å². The van der Waals surface area contributed by atoms with Crippen LogP contribution in [0.4, 0.5) is 0 Å². The molecule has 0 N–H and O–H groups in total. The SMILES string of the molecule is CCCCCCCCCCC=C(c1ccccc1)c1ccccc1.[NaH].[NaH]. The van der Waals surface area contributed by atoms with Gasteiger partial charge in [0, 0.05) is 0 Å². The molecule has 0 saturated carbocycles. The van der Waals surface area contributed by atoms with Crippen molar-refractivity contribution in [1.82, 2.24) is 0 Å². The van der Waals surface area contributed by atoms with Crippen molar-refractivity contribution in [3.63, 3.8) is 0 Å². The zero-order valence-electron chi connectivity index (χ0n) is 15.2. The van der Waals surface area contributed by atoms with E-state index in [-0.39, 0.29) is 59.1 Å². The minimum absolute atomic E-state index is 0. The van der Waals surface area contributed by atoms with E-state index >= 15 is 0 Å². The Morgan fingerprint density at radius 2 is 1.04 bits per heavy atom. The third-order valence-electron chi connectivity index (χ3n) is 4.58. The zero-order chi connectivity index (χ0) is 16.9. The average Bonchev–Trinajstić information content (AvgIpc) is 2.65. The summed E-state index contributed by atoms with van der Waals surface area (Å²) in [6.45, 7) is 2.28. The van der Waals surface area contributed by atoms with Gasteiger partial charge < -0.3 is 0 Å². The number of allylic oxidation sites excluding steroid dienone is 1. The average molecular weight is 369 g/mol. The van der Waals surface area contributed by atoms with Gasteiger partial charge in [-0.05, 0) is 29.5 Å². The molecule has 0 unspecified atom stereocenters. The van der Waals surface area contributed by atoms with E-state index in [0.29, 0.717) is 0 Å². The first-order valence-electron chi connectivity index (χ1n) is 9.73. The number of hydrogen-bond acceptors (Lipinski definition) is 0. The summed E-state index contributed by atoms with van der Waals surface area (Å²) < 4.78 is 0. The van der Waals surface area contributed by atoms with Crippen molar-refractivity contribution in [2.24, 2.45) is 0 Å². The van der Waals surface area contributed by atoms with E-state index in [1.807, 2.05) is 0 Å². The molecule has 2 aromatic rings. The first kappa shape index (κ1) is 26.2. The van der Waals surface area contributed by atoms with Crippen LogP contribution < -0.4 is 0 Å². The molecular weight excluding hydrogens is 334 g/mol. The standard InChI is InChI=1S/C24H32.2Na.2H/c1-2-3-4-5-6-7-8-9-16-21-24(22-17-12-10-13-18-22)23-19-14-11-15-20-23;;;;/h10-15,17-21H,2-9,16H2,1H3;;;;. The summed E-state index contributed by atoms with van der Waals surface area (Å²) in [6.07, 6.45) is 14.7. The maximum absolute atomic E-state index is 2.43. The molecular formula is C24H34Na2. The molecule has 0 bridgehead atoms. The summed E-state index contributed by atoms with van der Waals surface area (Å²) in [5, 5.41) is 0. The Hall–Kier alpha value is 0.180. The molecule has 0 atom stereocenters. The van der Waals surface area contributed by atoms with Gasteiger partial charge in [0.1, 0.15) is 0 Å². The molecule has 26 heavy (non-hydrogen) atoms. The Morgan fingerprint density at radius 3 is 1.50 bits per heavy atom.